The molecule has 1 aliphatic rings. The first kappa shape index (κ1) is 30.5. The maximum atomic E-state index is 13.0. The summed E-state index contributed by atoms with van der Waals surface area (Å²) in [5.74, 6) is -2.73. The van der Waals surface area contributed by atoms with E-state index in [4.69, 9.17) is 14.6 Å². The van der Waals surface area contributed by atoms with Crippen molar-refractivity contribution in [1.29, 1.82) is 0 Å². The average Bonchev–Trinajstić information content (AvgIpc) is 3.56. The minimum Gasteiger partial charge on any atom is -0.492 e. The number of benzene rings is 2. The van der Waals surface area contributed by atoms with Crippen molar-refractivity contribution in [2.24, 2.45) is 7.05 Å². The van der Waals surface area contributed by atoms with E-state index >= 15 is 0 Å². The lowest BCUT2D eigenvalue weighted by Gasteiger charge is -2.17. The molecule has 2 N–H and O–H groups in total. The second-order valence-electron chi connectivity index (χ2n) is 8.78. The Labute approximate surface area is 225 Å². The van der Waals surface area contributed by atoms with E-state index in [1.165, 1.54) is 25.0 Å². The van der Waals surface area contributed by atoms with Crippen molar-refractivity contribution in [3.05, 3.63) is 65.9 Å². The number of likely N-dealkylation sites (tertiary alicyclic amines) is 1. The molecule has 1 aliphatic heterocycles. The fourth-order valence-electron chi connectivity index (χ4n) is 3.90. The first-order valence-corrected chi connectivity index (χ1v) is 12.0. The SMILES string of the molecule is Cn1nccc1-c1cc(NC(=O)c2cccc(C(F)(F)F)c2)ccc1OCCN1CCCC1.O=C(O)C(F)(F)F. The third kappa shape index (κ3) is 8.46. The van der Waals surface area contributed by atoms with E-state index in [9.17, 15) is 31.1 Å². The van der Waals surface area contributed by atoms with Gasteiger partial charge in [0.25, 0.3) is 5.91 Å². The number of ether oxygens (including phenoxy) is 1. The summed E-state index contributed by atoms with van der Waals surface area (Å²) < 4.78 is 78.5. The van der Waals surface area contributed by atoms with Crippen molar-refractivity contribution in [2.45, 2.75) is 25.2 Å². The van der Waals surface area contributed by atoms with Gasteiger partial charge in [-0.2, -0.15) is 31.4 Å². The van der Waals surface area contributed by atoms with Gasteiger partial charge in [0.1, 0.15) is 12.4 Å². The number of alkyl halides is 6. The number of aliphatic carboxylic acids is 1. The number of carbonyl (C=O) groups excluding carboxylic acids is 1. The lowest BCUT2D eigenvalue weighted by Crippen LogP contribution is -2.25. The van der Waals surface area contributed by atoms with Gasteiger partial charge in [0.05, 0.1) is 11.3 Å². The molecule has 40 heavy (non-hydrogen) atoms. The molecule has 1 amide bonds. The predicted molar refractivity (Wildman–Crippen MR) is 133 cm³/mol. The van der Waals surface area contributed by atoms with Gasteiger partial charge in [-0.15, -0.1) is 0 Å². The smallest absolute Gasteiger partial charge is 0.490 e. The molecule has 216 valence electrons. The number of hydrogen-bond donors (Lipinski definition) is 2. The van der Waals surface area contributed by atoms with E-state index in [0.29, 0.717) is 18.0 Å². The highest BCUT2D eigenvalue weighted by Crippen LogP contribution is 2.33. The van der Waals surface area contributed by atoms with E-state index in [1.807, 2.05) is 6.07 Å². The summed E-state index contributed by atoms with van der Waals surface area (Å²) in [7, 11) is 1.80. The topological polar surface area (TPSA) is 96.7 Å². The van der Waals surface area contributed by atoms with Gasteiger partial charge >= 0.3 is 18.3 Å². The van der Waals surface area contributed by atoms with Gasteiger partial charge in [-0.25, -0.2) is 4.79 Å². The van der Waals surface area contributed by atoms with E-state index in [0.717, 1.165) is 43.0 Å². The van der Waals surface area contributed by atoms with Crippen molar-refractivity contribution in [2.75, 3.05) is 31.6 Å². The summed E-state index contributed by atoms with van der Waals surface area (Å²) in [6.45, 7) is 3.52. The maximum Gasteiger partial charge on any atom is 0.490 e. The number of nitrogens with one attached hydrogen (secondary N) is 1. The molecule has 8 nitrogen and oxygen atoms in total. The summed E-state index contributed by atoms with van der Waals surface area (Å²) >= 11 is 0. The van der Waals surface area contributed by atoms with Crippen LogP contribution in [0.4, 0.5) is 32.0 Å². The Kier molecular flexibility index (Phi) is 9.79. The van der Waals surface area contributed by atoms with Crippen LogP contribution in [0.25, 0.3) is 11.3 Å². The third-order valence-electron chi connectivity index (χ3n) is 5.89. The van der Waals surface area contributed by atoms with Gasteiger partial charge in [0.15, 0.2) is 0 Å². The summed E-state index contributed by atoms with van der Waals surface area (Å²) in [5.41, 5.74) is 1.03. The Hall–Kier alpha value is -4.07. The zero-order chi connectivity index (χ0) is 29.5. The number of nitrogens with zero attached hydrogens (tertiary/aromatic N) is 3. The summed E-state index contributed by atoms with van der Waals surface area (Å²) in [6, 6.07) is 11.4. The van der Waals surface area contributed by atoms with Crippen LogP contribution in [0, 0.1) is 0 Å². The Bertz CT molecular complexity index is 1320. The van der Waals surface area contributed by atoms with Gasteiger partial charge in [0.2, 0.25) is 0 Å². The third-order valence-corrected chi connectivity index (χ3v) is 5.89. The molecule has 1 fully saturated rings. The van der Waals surface area contributed by atoms with Gasteiger partial charge in [-0.1, -0.05) is 6.07 Å². The van der Waals surface area contributed by atoms with Crippen LogP contribution in [-0.2, 0) is 18.0 Å². The molecule has 14 heteroatoms. The van der Waals surface area contributed by atoms with Crippen LogP contribution in [-0.4, -0.2) is 64.1 Å². The van der Waals surface area contributed by atoms with Crippen LogP contribution in [0.5, 0.6) is 5.75 Å². The zero-order valence-electron chi connectivity index (χ0n) is 21.2. The number of hydrogen-bond acceptors (Lipinski definition) is 5. The van der Waals surface area contributed by atoms with Gasteiger partial charge in [-0.05, 0) is 68.4 Å². The molecule has 0 saturated carbocycles. The highest BCUT2D eigenvalue weighted by Gasteiger charge is 2.38. The Morgan fingerprint density at radius 1 is 1.02 bits per heavy atom. The largest absolute Gasteiger partial charge is 0.492 e. The molecule has 2 heterocycles. The predicted octanol–water partition coefficient (Wildman–Crippen LogP) is 5.47. The van der Waals surface area contributed by atoms with E-state index in [2.05, 4.69) is 15.3 Å². The Balaban J connectivity index is 0.000000559. The molecule has 0 bridgehead atoms. The Morgan fingerprint density at radius 3 is 2.27 bits per heavy atom. The molecule has 1 aromatic heterocycles. The second kappa shape index (κ2) is 12.9. The summed E-state index contributed by atoms with van der Waals surface area (Å²) in [5, 5.41) is 14.0. The number of halogens is 6. The van der Waals surface area contributed by atoms with Crippen LogP contribution in [0.15, 0.2) is 54.7 Å². The van der Waals surface area contributed by atoms with Crippen LogP contribution in [0.3, 0.4) is 0 Å². The highest BCUT2D eigenvalue weighted by atomic mass is 19.4. The Morgan fingerprint density at radius 2 is 1.70 bits per heavy atom. The molecular formula is C26H26F6N4O4. The van der Waals surface area contributed by atoms with Gasteiger partial charge < -0.3 is 15.2 Å². The summed E-state index contributed by atoms with van der Waals surface area (Å²) in [4.78, 5) is 23.9. The van der Waals surface area contributed by atoms with E-state index in [1.54, 1.807) is 36.1 Å². The molecular weight excluding hydrogens is 546 g/mol. The van der Waals surface area contributed by atoms with Crippen molar-refractivity contribution >= 4 is 17.6 Å². The van der Waals surface area contributed by atoms with Crippen LogP contribution < -0.4 is 10.1 Å². The minimum atomic E-state index is -5.08. The van der Waals surface area contributed by atoms with E-state index in [-0.39, 0.29) is 5.56 Å². The van der Waals surface area contributed by atoms with Gasteiger partial charge in [-0.3, -0.25) is 14.4 Å². The summed E-state index contributed by atoms with van der Waals surface area (Å²) in [6.07, 6.45) is -5.52. The van der Waals surface area contributed by atoms with Crippen molar-refractivity contribution < 1.29 is 45.8 Å². The highest BCUT2D eigenvalue weighted by molar-refractivity contribution is 6.04. The minimum absolute atomic E-state index is 0.0714. The maximum absolute atomic E-state index is 13.0. The average molecular weight is 573 g/mol. The molecule has 0 spiro atoms. The number of rotatable bonds is 7. The van der Waals surface area contributed by atoms with Gasteiger partial charge in [0, 0.05) is 36.6 Å². The molecule has 0 unspecified atom stereocenters. The van der Waals surface area contributed by atoms with E-state index < -0.39 is 29.8 Å². The number of aryl methyl sites for hydroxylation is 1. The number of anilines is 1. The first-order chi connectivity index (χ1) is 18.8. The molecule has 0 radical (unpaired) electrons. The molecule has 0 atom stereocenters. The van der Waals surface area contributed by atoms with Crippen molar-refractivity contribution in [1.82, 2.24) is 14.7 Å². The zero-order valence-corrected chi connectivity index (χ0v) is 21.2. The fraction of sp³-hybridized carbons (Fsp3) is 0.346. The van der Waals surface area contributed by atoms with Crippen molar-refractivity contribution in [3.8, 4) is 17.0 Å². The molecule has 3 aromatic rings. The number of carbonyl (C=O) groups is 2. The number of amides is 1. The number of aromatic nitrogens is 2. The van der Waals surface area contributed by atoms with Crippen LogP contribution >= 0.6 is 0 Å². The monoisotopic (exact) mass is 572 g/mol. The first-order valence-electron chi connectivity index (χ1n) is 12.0. The van der Waals surface area contributed by atoms with Crippen LogP contribution in [0.1, 0.15) is 28.8 Å². The fourth-order valence-corrected chi connectivity index (χ4v) is 3.90. The van der Waals surface area contributed by atoms with Crippen LogP contribution in [0.2, 0.25) is 0 Å². The second-order valence-corrected chi connectivity index (χ2v) is 8.78. The molecule has 4 rings (SSSR count). The molecule has 2 aromatic carbocycles. The quantitative estimate of drug-likeness (QED) is 0.365. The number of carboxylic acid groups (broad SMARTS) is 1. The standard InChI is InChI=1S/C24H25F3N4O2.C2HF3O2/c1-30-21(9-10-28-30)20-16-19(7-8-22(20)33-14-13-31-11-2-3-12-31)29-23(32)17-5-4-6-18(15-17)24(25,26)27;3-2(4,5)1(6)7/h4-10,15-16H,2-3,11-14H2,1H3,(H,29,32);(H,6,7). The molecule has 0 aliphatic carbocycles. The normalized spacial score (nSPS) is 13.9. The van der Waals surface area contributed by atoms with Crippen molar-refractivity contribution in [3.63, 3.8) is 0 Å². The lowest BCUT2D eigenvalue weighted by atomic mass is 10.1. The lowest BCUT2D eigenvalue weighted by molar-refractivity contribution is -0.192. The number of carboxylic acids is 1. The molecule has 1 saturated heterocycles.